The molecular formula is C13H10BrF2N3. The van der Waals surface area contributed by atoms with Gasteiger partial charge in [-0.1, -0.05) is 6.07 Å². The molecule has 0 saturated heterocycles. The standard InChI is InChI=1S/C13H10BrF2N3/c14-11-10(4-7(6-17)13(18)12(11)16)19-9-3-1-2-8(15)5-9/h1-6,17,19H,18H2. The van der Waals surface area contributed by atoms with E-state index in [-0.39, 0.29) is 15.7 Å². The summed E-state index contributed by atoms with van der Waals surface area (Å²) in [7, 11) is 0. The van der Waals surface area contributed by atoms with Gasteiger partial charge >= 0.3 is 0 Å². The van der Waals surface area contributed by atoms with Gasteiger partial charge in [0, 0.05) is 17.5 Å². The lowest BCUT2D eigenvalue weighted by molar-refractivity contribution is 0.626. The Morgan fingerprint density at radius 2 is 2.00 bits per heavy atom. The number of hydrogen-bond acceptors (Lipinski definition) is 3. The first-order valence-corrected chi connectivity index (χ1v) is 6.12. The fourth-order valence-electron chi connectivity index (χ4n) is 1.59. The van der Waals surface area contributed by atoms with Crippen molar-refractivity contribution in [2.24, 2.45) is 0 Å². The highest BCUT2D eigenvalue weighted by Crippen LogP contribution is 2.33. The molecule has 0 amide bonds. The van der Waals surface area contributed by atoms with Crippen LogP contribution in [0, 0.1) is 17.0 Å². The Bertz CT molecular complexity index is 644. The molecule has 0 bridgehead atoms. The van der Waals surface area contributed by atoms with Crippen molar-refractivity contribution >= 4 is 39.2 Å². The molecule has 4 N–H and O–H groups in total. The number of rotatable bonds is 3. The van der Waals surface area contributed by atoms with Gasteiger partial charge in [0.2, 0.25) is 0 Å². The third-order valence-corrected chi connectivity index (χ3v) is 3.31. The maximum absolute atomic E-state index is 13.8. The van der Waals surface area contributed by atoms with Crippen molar-refractivity contribution in [2.75, 3.05) is 11.1 Å². The molecule has 98 valence electrons. The van der Waals surface area contributed by atoms with E-state index in [1.54, 1.807) is 6.07 Å². The first-order valence-electron chi connectivity index (χ1n) is 5.33. The average molecular weight is 326 g/mol. The van der Waals surface area contributed by atoms with E-state index in [1.807, 2.05) is 0 Å². The van der Waals surface area contributed by atoms with Crippen LogP contribution in [0.4, 0.5) is 25.8 Å². The third-order valence-electron chi connectivity index (χ3n) is 2.54. The normalized spacial score (nSPS) is 10.3. The summed E-state index contributed by atoms with van der Waals surface area (Å²) < 4.78 is 27.0. The Morgan fingerprint density at radius 1 is 1.26 bits per heavy atom. The molecule has 0 radical (unpaired) electrons. The van der Waals surface area contributed by atoms with E-state index >= 15 is 0 Å². The predicted octanol–water partition coefficient (Wildman–Crippen LogP) is 4.05. The van der Waals surface area contributed by atoms with Crippen LogP contribution in [-0.2, 0) is 0 Å². The van der Waals surface area contributed by atoms with Crippen LogP contribution in [0.3, 0.4) is 0 Å². The van der Waals surface area contributed by atoms with Gasteiger partial charge in [0.15, 0.2) is 5.82 Å². The van der Waals surface area contributed by atoms with Crippen molar-refractivity contribution < 1.29 is 8.78 Å². The lowest BCUT2D eigenvalue weighted by atomic mass is 10.1. The summed E-state index contributed by atoms with van der Waals surface area (Å²) >= 11 is 3.08. The largest absolute Gasteiger partial charge is 0.396 e. The Labute approximate surface area is 117 Å². The molecule has 0 spiro atoms. The fourth-order valence-corrected chi connectivity index (χ4v) is 2.02. The monoisotopic (exact) mass is 325 g/mol. The maximum Gasteiger partial charge on any atom is 0.163 e. The van der Waals surface area contributed by atoms with Crippen molar-refractivity contribution in [3.05, 3.63) is 52.0 Å². The molecule has 6 heteroatoms. The molecule has 19 heavy (non-hydrogen) atoms. The highest BCUT2D eigenvalue weighted by atomic mass is 79.9. The molecule has 0 aliphatic heterocycles. The van der Waals surface area contributed by atoms with Crippen LogP contribution in [-0.4, -0.2) is 6.21 Å². The van der Waals surface area contributed by atoms with Gasteiger partial charge in [0.25, 0.3) is 0 Å². The van der Waals surface area contributed by atoms with Gasteiger partial charge in [-0.2, -0.15) is 0 Å². The zero-order valence-electron chi connectivity index (χ0n) is 9.68. The minimum atomic E-state index is -0.653. The highest BCUT2D eigenvalue weighted by Gasteiger charge is 2.13. The number of nitrogens with two attached hydrogens (primary N) is 1. The number of benzene rings is 2. The van der Waals surface area contributed by atoms with Crippen molar-refractivity contribution in [1.82, 2.24) is 0 Å². The molecule has 0 saturated carbocycles. The maximum atomic E-state index is 13.8. The van der Waals surface area contributed by atoms with Crippen LogP contribution in [0.25, 0.3) is 0 Å². The predicted molar refractivity (Wildman–Crippen MR) is 76.1 cm³/mol. The minimum Gasteiger partial charge on any atom is -0.396 e. The molecule has 2 rings (SSSR count). The van der Waals surface area contributed by atoms with Crippen molar-refractivity contribution in [3.63, 3.8) is 0 Å². The van der Waals surface area contributed by atoms with Crippen LogP contribution >= 0.6 is 15.9 Å². The van der Waals surface area contributed by atoms with E-state index in [0.717, 1.165) is 6.21 Å². The first-order chi connectivity index (χ1) is 9.02. The van der Waals surface area contributed by atoms with Gasteiger partial charge in [-0.3, -0.25) is 0 Å². The topological polar surface area (TPSA) is 61.9 Å². The molecule has 0 atom stereocenters. The van der Waals surface area contributed by atoms with Crippen LogP contribution < -0.4 is 11.1 Å². The third kappa shape index (κ3) is 2.73. The molecule has 0 unspecified atom stereocenters. The fraction of sp³-hybridized carbons (Fsp3) is 0. The van der Waals surface area contributed by atoms with Crippen molar-refractivity contribution in [1.29, 1.82) is 5.41 Å². The minimum absolute atomic E-state index is 0.105. The summed E-state index contributed by atoms with van der Waals surface area (Å²) in [6.45, 7) is 0. The zero-order chi connectivity index (χ0) is 14.0. The van der Waals surface area contributed by atoms with E-state index in [4.69, 9.17) is 11.1 Å². The molecule has 0 fully saturated rings. The van der Waals surface area contributed by atoms with Crippen molar-refractivity contribution in [2.45, 2.75) is 0 Å². The molecule has 0 aliphatic carbocycles. The van der Waals surface area contributed by atoms with Gasteiger partial charge in [-0.05, 0) is 40.2 Å². The molecule has 2 aromatic rings. The van der Waals surface area contributed by atoms with Gasteiger partial charge in [0.1, 0.15) is 5.82 Å². The van der Waals surface area contributed by atoms with Gasteiger partial charge in [-0.25, -0.2) is 8.78 Å². The second kappa shape index (κ2) is 5.36. The summed E-state index contributed by atoms with van der Waals surface area (Å²) in [5, 5.41) is 10.1. The number of anilines is 3. The van der Waals surface area contributed by atoms with Gasteiger partial charge in [-0.15, -0.1) is 0 Å². The quantitative estimate of drug-likeness (QED) is 0.589. The highest BCUT2D eigenvalue weighted by molar-refractivity contribution is 9.10. The van der Waals surface area contributed by atoms with Crippen LogP contribution in [0.2, 0.25) is 0 Å². The van der Waals surface area contributed by atoms with E-state index in [2.05, 4.69) is 21.2 Å². The molecule has 0 heterocycles. The Kier molecular flexibility index (Phi) is 3.80. The van der Waals surface area contributed by atoms with E-state index in [9.17, 15) is 8.78 Å². The Balaban J connectivity index is 2.46. The molecule has 2 aromatic carbocycles. The summed E-state index contributed by atoms with van der Waals surface area (Å²) in [6.07, 6.45) is 0.960. The summed E-state index contributed by atoms with van der Waals surface area (Å²) in [6, 6.07) is 7.29. The van der Waals surface area contributed by atoms with Crippen LogP contribution in [0.15, 0.2) is 34.8 Å². The number of hydrogen-bond donors (Lipinski definition) is 3. The zero-order valence-corrected chi connectivity index (χ0v) is 11.3. The van der Waals surface area contributed by atoms with Crippen molar-refractivity contribution in [3.8, 4) is 0 Å². The lowest BCUT2D eigenvalue weighted by Crippen LogP contribution is -2.02. The summed E-state index contributed by atoms with van der Waals surface area (Å²) in [5.74, 6) is -1.05. The molecular weight excluding hydrogens is 316 g/mol. The molecule has 0 aliphatic rings. The Morgan fingerprint density at radius 3 is 2.63 bits per heavy atom. The lowest BCUT2D eigenvalue weighted by Gasteiger charge is -2.12. The average Bonchev–Trinajstić information content (AvgIpc) is 2.39. The van der Waals surface area contributed by atoms with Gasteiger partial charge < -0.3 is 16.5 Å². The van der Waals surface area contributed by atoms with E-state index in [1.165, 1.54) is 24.3 Å². The SMILES string of the molecule is N=Cc1cc(Nc2cccc(F)c2)c(Br)c(F)c1N. The number of nitrogens with one attached hydrogen (secondary N) is 2. The molecule has 0 aromatic heterocycles. The first kappa shape index (κ1) is 13.5. The number of halogens is 3. The summed E-state index contributed by atoms with van der Waals surface area (Å²) in [5.41, 5.74) is 6.53. The van der Waals surface area contributed by atoms with Crippen LogP contribution in [0.1, 0.15) is 5.56 Å². The van der Waals surface area contributed by atoms with E-state index in [0.29, 0.717) is 11.4 Å². The summed E-state index contributed by atoms with van der Waals surface area (Å²) in [4.78, 5) is 0. The second-order valence-electron chi connectivity index (χ2n) is 3.83. The van der Waals surface area contributed by atoms with E-state index < -0.39 is 11.6 Å². The Hall–Kier alpha value is -1.95. The van der Waals surface area contributed by atoms with Crippen LogP contribution in [0.5, 0.6) is 0 Å². The second-order valence-corrected chi connectivity index (χ2v) is 4.63. The molecule has 3 nitrogen and oxygen atoms in total. The van der Waals surface area contributed by atoms with Gasteiger partial charge in [0.05, 0.1) is 15.8 Å². The smallest absolute Gasteiger partial charge is 0.163 e. The number of nitrogen functional groups attached to an aromatic ring is 1.